The predicted octanol–water partition coefficient (Wildman–Crippen LogP) is 2.44. The topological polar surface area (TPSA) is 42.0 Å². The summed E-state index contributed by atoms with van der Waals surface area (Å²) in [5.74, 6) is 1.57. The first-order valence-electron chi connectivity index (χ1n) is 9.28. The largest absolute Gasteiger partial charge is 0.497 e. The van der Waals surface area contributed by atoms with Crippen molar-refractivity contribution < 1.29 is 14.3 Å². The molecule has 0 bridgehead atoms. The van der Waals surface area contributed by atoms with Crippen LogP contribution in [0.2, 0.25) is 0 Å². The number of benzene rings is 1. The van der Waals surface area contributed by atoms with E-state index < -0.39 is 0 Å². The van der Waals surface area contributed by atoms with Crippen LogP contribution in [0.1, 0.15) is 25.3 Å². The Kier molecular flexibility index (Phi) is 8.22. The molecule has 1 saturated heterocycles. The molecule has 1 aliphatic rings. The number of rotatable bonds is 9. The molecule has 1 aromatic rings. The number of amides is 1. The molecule has 25 heavy (non-hydrogen) atoms. The maximum absolute atomic E-state index is 12.1. The highest BCUT2D eigenvalue weighted by Crippen LogP contribution is 2.19. The van der Waals surface area contributed by atoms with Gasteiger partial charge < -0.3 is 19.3 Å². The van der Waals surface area contributed by atoms with E-state index in [1.165, 1.54) is 18.4 Å². The SMILES string of the molecule is CCN(C[C@H]1CCCN(CCc2cccc(OC)c2)C1)C(=O)COC. The highest BCUT2D eigenvalue weighted by atomic mass is 16.5. The summed E-state index contributed by atoms with van der Waals surface area (Å²) in [6.45, 7) is 7.09. The van der Waals surface area contributed by atoms with Gasteiger partial charge >= 0.3 is 0 Å². The minimum Gasteiger partial charge on any atom is -0.497 e. The monoisotopic (exact) mass is 348 g/mol. The van der Waals surface area contributed by atoms with Gasteiger partial charge in [0.2, 0.25) is 5.91 Å². The van der Waals surface area contributed by atoms with Gasteiger partial charge in [0.25, 0.3) is 0 Å². The van der Waals surface area contributed by atoms with Gasteiger partial charge in [-0.3, -0.25) is 4.79 Å². The molecule has 0 radical (unpaired) electrons. The molecular weight excluding hydrogens is 316 g/mol. The number of likely N-dealkylation sites (tertiary alicyclic amines) is 1. The van der Waals surface area contributed by atoms with Crippen LogP contribution in [0, 0.1) is 5.92 Å². The molecule has 1 fully saturated rings. The van der Waals surface area contributed by atoms with E-state index in [9.17, 15) is 4.79 Å². The standard InChI is InChI=1S/C20H32N2O3/c1-4-22(20(23)16-24-2)15-18-8-6-11-21(14-18)12-10-17-7-5-9-19(13-17)25-3/h5,7,9,13,18H,4,6,8,10-12,14-16H2,1-3H3/t18-/m0/s1. The summed E-state index contributed by atoms with van der Waals surface area (Å²) in [7, 11) is 3.28. The van der Waals surface area contributed by atoms with Crippen molar-refractivity contribution in [3.05, 3.63) is 29.8 Å². The van der Waals surface area contributed by atoms with Crippen LogP contribution in [0.25, 0.3) is 0 Å². The predicted molar refractivity (Wildman–Crippen MR) is 100.0 cm³/mol. The van der Waals surface area contributed by atoms with E-state index in [0.717, 1.165) is 44.9 Å². The van der Waals surface area contributed by atoms with Gasteiger partial charge in [-0.15, -0.1) is 0 Å². The average molecular weight is 348 g/mol. The molecule has 0 spiro atoms. The van der Waals surface area contributed by atoms with E-state index in [1.807, 2.05) is 24.0 Å². The minimum absolute atomic E-state index is 0.0958. The van der Waals surface area contributed by atoms with Crippen LogP contribution in [-0.4, -0.2) is 69.3 Å². The average Bonchev–Trinajstić information content (AvgIpc) is 2.65. The van der Waals surface area contributed by atoms with Crippen LogP contribution in [0.4, 0.5) is 0 Å². The summed E-state index contributed by atoms with van der Waals surface area (Å²) >= 11 is 0. The second kappa shape index (κ2) is 10.4. The summed E-state index contributed by atoms with van der Waals surface area (Å²) in [5.41, 5.74) is 1.31. The third kappa shape index (κ3) is 6.33. The van der Waals surface area contributed by atoms with Gasteiger partial charge in [-0.1, -0.05) is 12.1 Å². The Balaban J connectivity index is 1.82. The van der Waals surface area contributed by atoms with Gasteiger partial charge in [0.1, 0.15) is 12.4 Å². The Hall–Kier alpha value is -1.59. The van der Waals surface area contributed by atoms with Crippen molar-refractivity contribution in [2.24, 2.45) is 5.92 Å². The van der Waals surface area contributed by atoms with Crippen molar-refractivity contribution >= 4 is 5.91 Å². The first-order valence-corrected chi connectivity index (χ1v) is 9.28. The molecule has 0 N–H and O–H groups in total. The Morgan fingerprint density at radius 1 is 1.36 bits per heavy atom. The van der Waals surface area contributed by atoms with Crippen LogP contribution < -0.4 is 4.74 Å². The Bertz CT molecular complexity index is 535. The lowest BCUT2D eigenvalue weighted by Crippen LogP contribution is -2.44. The Morgan fingerprint density at radius 2 is 2.20 bits per heavy atom. The van der Waals surface area contributed by atoms with E-state index in [1.54, 1.807) is 14.2 Å². The number of methoxy groups -OCH3 is 2. The zero-order valence-electron chi connectivity index (χ0n) is 15.9. The zero-order chi connectivity index (χ0) is 18.1. The highest BCUT2D eigenvalue weighted by Gasteiger charge is 2.23. The third-order valence-electron chi connectivity index (χ3n) is 4.93. The molecule has 0 saturated carbocycles. The van der Waals surface area contributed by atoms with Crippen molar-refractivity contribution in [1.29, 1.82) is 0 Å². The van der Waals surface area contributed by atoms with Crippen molar-refractivity contribution in [2.75, 3.05) is 53.6 Å². The van der Waals surface area contributed by atoms with Crippen molar-refractivity contribution in [3.63, 3.8) is 0 Å². The van der Waals surface area contributed by atoms with Gasteiger partial charge in [-0.2, -0.15) is 0 Å². The quantitative estimate of drug-likeness (QED) is 0.687. The second-order valence-electron chi connectivity index (χ2n) is 6.78. The summed E-state index contributed by atoms with van der Waals surface area (Å²) in [6.07, 6.45) is 3.44. The molecule has 140 valence electrons. The lowest BCUT2D eigenvalue weighted by molar-refractivity contribution is -0.135. The third-order valence-corrected chi connectivity index (χ3v) is 4.93. The van der Waals surface area contributed by atoms with Crippen molar-refractivity contribution in [3.8, 4) is 5.75 Å². The number of nitrogens with zero attached hydrogens (tertiary/aromatic N) is 2. The summed E-state index contributed by atoms with van der Waals surface area (Å²) < 4.78 is 10.3. The van der Waals surface area contributed by atoms with Gasteiger partial charge in [0.05, 0.1) is 7.11 Å². The van der Waals surface area contributed by atoms with E-state index in [0.29, 0.717) is 5.92 Å². The molecule has 1 aliphatic heterocycles. The fourth-order valence-electron chi connectivity index (χ4n) is 3.55. The van der Waals surface area contributed by atoms with Crippen LogP contribution in [0.5, 0.6) is 5.75 Å². The molecule has 0 unspecified atom stereocenters. The summed E-state index contributed by atoms with van der Waals surface area (Å²) in [4.78, 5) is 16.5. The first-order chi connectivity index (χ1) is 12.2. The van der Waals surface area contributed by atoms with E-state index in [2.05, 4.69) is 17.0 Å². The van der Waals surface area contributed by atoms with Crippen LogP contribution in [0.15, 0.2) is 24.3 Å². The zero-order valence-corrected chi connectivity index (χ0v) is 15.9. The van der Waals surface area contributed by atoms with Crippen molar-refractivity contribution in [2.45, 2.75) is 26.2 Å². The highest BCUT2D eigenvalue weighted by molar-refractivity contribution is 5.77. The number of piperidine rings is 1. The normalized spacial score (nSPS) is 18.1. The lowest BCUT2D eigenvalue weighted by atomic mass is 9.97. The molecule has 2 rings (SSSR count). The van der Waals surface area contributed by atoms with E-state index in [4.69, 9.17) is 9.47 Å². The van der Waals surface area contributed by atoms with Crippen LogP contribution in [0.3, 0.4) is 0 Å². The molecule has 1 heterocycles. The Labute approximate surface area is 151 Å². The summed E-state index contributed by atoms with van der Waals surface area (Å²) in [6, 6.07) is 8.31. The lowest BCUT2D eigenvalue weighted by Gasteiger charge is -2.35. The molecule has 0 aliphatic carbocycles. The molecule has 5 nitrogen and oxygen atoms in total. The molecule has 1 atom stereocenters. The fourth-order valence-corrected chi connectivity index (χ4v) is 3.55. The minimum atomic E-state index is 0.0958. The number of likely N-dealkylation sites (N-methyl/N-ethyl adjacent to an activating group) is 1. The van der Waals surface area contributed by atoms with Crippen LogP contribution in [-0.2, 0) is 16.0 Å². The smallest absolute Gasteiger partial charge is 0.248 e. The molecule has 1 amide bonds. The molecule has 0 aromatic heterocycles. The fraction of sp³-hybridized carbons (Fsp3) is 0.650. The molecular formula is C20H32N2O3. The molecule has 1 aromatic carbocycles. The van der Waals surface area contributed by atoms with Gasteiger partial charge in [-0.05, 0) is 56.3 Å². The number of hydrogen-bond acceptors (Lipinski definition) is 4. The van der Waals surface area contributed by atoms with E-state index >= 15 is 0 Å². The van der Waals surface area contributed by atoms with Gasteiger partial charge in [-0.25, -0.2) is 0 Å². The number of ether oxygens (including phenoxy) is 2. The number of carbonyl (C=O) groups excluding carboxylic acids is 1. The number of hydrogen-bond donors (Lipinski definition) is 0. The second-order valence-corrected chi connectivity index (χ2v) is 6.78. The van der Waals surface area contributed by atoms with E-state index in [-0.39, 0.29) is 12.5 Å². The number of carbonyl (C=O) groups is 1. The maximum atomic E-state index is 12.1. The van der Waals surface area contributed by atoms with Crippen LogP contribution >= 0.6 is 0 Å². The Morgan fingerprint density at radius 3 is 2.92 bits per heavy atom. The van der Waals surface area contributed by atoms with Crippen molar-refractivity contribution in [1.82, 2.24) is 9.80 Å². The van der Waals surface area contributed by atoms with Gasteiger partial charge in [0.15, 0.2) is 0 Å². The maximum Gasteiger partial charge on any atom is 0.248 e. The van der Waals surface area contributed by atoms with Gasteiger partial charge in [0, 0.05) is 33.3 Å². The first kappa shape index (κ1) is 19.7. The molecule has 5 heteroatoms. The summed E-state index contributed by atoms with van der Waals surface area (Å²) in [5, 5.41) is 0.